The van der Waals surface area contributed by atoms with Gasteiger partial charge in [-0.15, -0.1) is 0 Å². The van der Waals surface area contributed by atoms with Crippen molar-refractivity contribution in [2.24, 2.45) is 5.41 Å². The lowest BCUT2D eigenvalue weighted by atomic mass is 9.83. The van der Waals surface area contributed by atoms with Gasteiger partial charge in [0.2, 0.25) is 0 Å². The maximum atomic E-state index is 13.0. The minimum absolute atomic E-state index is 0.0954. The Morgan fingerprint density at radius 3 is 2.66 bits per heavy atom. The number of rotatable bonds is 5. The summed E-state index contributed by atoms with van der Waals surface area (Å²) in [4.78, 5) is 35.8. The van der Waals surface area contributed by atoms with E-state index in [4.69, 9.17) is 4.98 Å². The van der Waals surface area contributed by atoms with Gasteiger partial charge in [0.25, 0.3) is 5.56 Å². The normalized spacial score (nSPS) is 16.7. The quantitative estimate of drug-likeness (QED) is 0.627. The monoisotopic (exact) mass is 435 g/mol. The second kappa shape index (κ2) is 8.26. The molecule has 168 valence electrons. The van der Waals surface area contributed by atoms with Crippen LogP contribution in [0, 0.1) is 12.3 Å². The predicted octanol–water partition coefficient (Wildman–Crippen LogP) is 3.90. The topological polar surface area (TPSA) is 99.8 Å². The Kier molecular flexibility index (Phi) is 5.62. The number of nitrogens with one attached hydrogen (secondary N) is 1. The van der Waals surface area contributed by atoms with E-state index < -0.39 is 5.97 Å². The average molecular weight is 436 g/mol. The lowest BCUT2D eigenvalue weighted by Crippen LogP contribution is -2.38. The molecule has 4 rings (SSSR count). The summed E-state index contributed by atoms with van der Waals surface area (Å²) >= 11 is 0. The fraction of sp³-hybridized carbons (Fsp3) is 0.417. The van der Waals surface area contributed by atoms with Gasteiger partial charge in [-0.2, -0.15) is 0 Å². The molecule has 8 heteroatoms. The minimum Gasteiger partial charge on any atom is -0.478 e. The third-order valence-electron chi connectivity index (χ3n) is 6.21. The molecule has 1 fully saturated rings. The molecule has 0 spiro atoms. The summed E-state index contributed by atoms with van der Waals surface area (Å²) in [5.41, 5.74) is 2.55. The van der Waals surface area contributed by atoms with Crippen LogP contribution in [0.3, 0.4) is 0 Å². The second-order valence-electron chi connectivity index (χ2n) is 9.34. The van der Waals surface area contributed by atoms with Crippen LogP contribution < -0.4 is 15.8 Å². The number of carboxylic acid groups (broad SMARTS) is 1. The molecule has 1 atom stereocenters. The summed E-state index contributed by atoms with van der Waals surface area (Å²) < 4.78 is 1.57. The number of nitrogens with zero attached hydrogens (tertiary/aromatic N) is 4. The molecule has 3 aromatic rings. The molecule has 1 saturated heterocycles. The molecule has 0 bridgehead atoms. The zero-order chi connectivity index (χ0) is 23.0. The largest absolute Gasteiger partial charge is 0.478 e. The van der Waals surface area contributed by atoms with Crippen LogP contribution in [-0.4, -0.2) is 38.5 Å². The van der Waals surface area contributed by atoms with Crippen molar-refractivity contribution >= 4 is 23.3 Å². The van der Waals surface area contributed by atoms with Gasteiger partial charge in [-0.25, -0.2) is 14.8 Å². The first kappa shape index (κ1) is 21.8. The van der Waals surface area contributed by atoms with E-state index in [1.54, 1.807) is 28.9 Å². The Balaban J connectivity index is 1.75. The highest BCUT2D eigenvalue weighted by atomic mass is 16.4. The van der Waals surface area contributed by atoms with Gasteiger partial charge in [0.1, 0.15) is 22.8 Å². The zero-order valence-corrected chi connectivity index (χ0v) is 18.9. The molecular formula is C24H29N5O3. The van der Waals surface area contributed by atoms with Crippen LogP contribution in [0.15, 0.2) is 41.5 Å². The number of carbonyl (C=O) groups is 1. The summed E-state index contributed by atoms with van der Waals surface area (Å²) in [6.07, 6.45) is 5.43. The van der Waals surface area contributed by atoms with E-state index in [9.17, 15) is 14.7 Å². The van der Waals surface area contributed by atoms with Crippen molar-refractivity contribution in [1.82, 2.24) is 14.4 Å². The van der Waals surface area contributed by atoms with E-state index in [1.165, 1.54) is 6.07 Å². The van der Waals surface area contributed by atoms with Gasteiger partial charge in [-0.05, 0) is 55.9 Å². The molecule has 32 heavy (non-hydrogen) atoms. The first-order valence-electron chi connectivity index (χ1n) is 10.9. The van der Waals surface area contributed by atoms with Crippen LogP contribution in [0.5, 0.6) is 0 Å². The standard InChI is InChI=1S/C24H29N5O3/c1-15-12-18(16(2)26-21-17(23(31)32)6-5-9-25-21)22-27-19(13-20(30)29(22)14-15)28-10-7-24(3,4)8-11-28/h5-6,9,12-14,16H,7-8,10-11H2,1-4H3,(H,25,26)(H,31,32)/t16-/m1/s1. The fourth-order valence-electron chi connectivity index (χ4n) is 4.16. The molecule has 0 aliphatic carbocycles. The highest BCUT2D eigenvalue weighted by Gasteiger charge is 2.27. The fourth-order valence-corrected chi connectivity index (χ4v) is 4.16. The molecule has 2 N–H and O–H groups in total. The predicted molar refractivity (Wildman–Crippen MR) is 125 cm³/mol. The van der Waals surface area contributed by atoms with E-state index in [0.717, 1.165) is 37.1 Å². The molecule has 8 nitrogen and oxygen atoms in total. The number of hydrogen-bond acceptors (Lipinski definition) is 6. The van der Waals surface area contributed by atoms with Crippen molar-refractivity contribution in [3.63, 3.8) is 0 Å². The van der Waals surface area contributed by atoms with Crippen LogP contribution in [0.2, 0.25) is 0 Å². The molecule has 0 amide bonds. The summed E-state index contributed by atoms with van der Waals surface area (Å²) in [7, 11) is 0. The molecule has 0 unspecified atom stereocenters. The second-order valence-corrected chi connectivity index (χ2v) is 9.34. The number of pyridine rings is 2. The maximum Gasteiger partial charge on any atom is 0.339 e. The number of hydrogen-bond donors (Lipinski definition) is 2. The molecule has 1 aliphatic rings. The Hall–Kier alpha value is -3.42. The Bertz CT molecular complexity index is 1220. The molecule has 0 aromatic carbocycles. The number of piperidine rings is 1. The maximum absolute atomic E-state index is 13.0. The summed E-state index contributed by atoms with van der Waals surface area (Å²) in [5, 5.41) is 12.7. The van der Waals surface area contributed by atoms with Gasteiger partial charge >= 0.3 is 5.97 Å². The summed E-state index contributed by atoms with van der Waals surface area (Å²) in [6, 6.07) is 6.37. The molecule has 0 saturated carbocycles. The molecular weight excluding hydrogens is 406 g/mol. The third kappa shape index (κ3) is 4.30. The summed E-state index contributed by atoms with van der Waals surface area (Å²) in [6.45, 7) is 10.1. The molecule has 0 radical (unpaired) electrons. The lowest BCUT2D eigenvalue weighted by Gasteiger charge is -2.37. The van der Waals surface area contributed by atoms with Gasteiger partial charge in [0.15, 0.2) is 0 Å². The number of carboxylic acids is 1. The van der Waals surface area contributed by atoms with Crippen LogP contribution in [-0.2, 0) is 0 Å². The van der Waals surface area contributed by atoms with E-state index in [1.807, 2.05) is 19.9 Å². The number of fused-ring (bicyclic) bond motifs is 1. The van der Waals surface area contributed by atoms with E-state index in [2.05, 4.69) is 29.0 Å². The van der Waals surface area contributed by atoms with Gasteiger partial charge in [0.05, 0.1) is 6.04 Å². The van der Waals surface area contributed by atoms with Crippen LogP contribution >= 0.6 is 0 Å². The molecule has 4 heterocycles. The smallest absolute Gasteiger partial charge is 0.339 e. The van der Waals surface area contributed by atoms with Crippen molar-refractivity contribution in [1.29, 1.82) is 0 Å². The first-order chi connectivity index (χ1) is 15.1. The van der Waals surface area contributed by atoms with Crippen LogP contribution in [0.25, 0.3) is 5.65 Å². The van der Waals surface area contributed by atoms with Gasteiger partial charge in [0, 0.05) is 37.1 Å². The minimum atomic E-state index is -1.05. The van der Waals surface area contributed by atoms with Crippen molar-refractivity contribution in [2.75, 3.05) is 23.3 Å². The van der Waals surface area contributed by atoms with Gasteiger partial charge in [-0.3, -0.25) is 9.20 Å². The van der Waals surface area contributed by atoms with Gasteiger partial charge < -0.3 is 15.3 Å². The Morgan fingerprint density at radius 1 is 1.25 bits per heavy atom. The van der Waals surface area contributed by atoms with Gasteiger partial charge in [-0.1, -0.05) is 13.8 Å². The van der Waals surface area contributed by atoms with Crippen molar-refractivity contribution in [3.8, 4) is 0 Å². The van der Waals surface area contributed by atoms with Crippen molar-refractivity contribution in [2.45, 2.75) is 46.6 Å². The van der Waals surface area contributed by atoms with Crippen molar-refractivity contribution < 1.29 is 9.90 Å². The highest BCUT2D eigenvalue weighted by Crippen LogP contribution is 2.32. The number of aromatic nitrogens is 3. The SMILES string of the molecule is Cc1cc([C@@H](C)Nc2ncccc2C(=O)O)c2nc(N3CCC(C)(C)CC3)cc(=O)n2c1. The number of aromatic carboxylic acids is 1. The zero-order valence-electron chi connectivity index (χ0n) is 18.9. The van der Waals surface area contributed by atoms with Crippen LogP contribution in [0.1, 0.15) is 61.1 Å². The average Bonchev–Trinajstić information content (AvgIpc) is 2.74. The Morgan fingerprint density at radius 2 is 1.97 bits per heavy atom. The van der Waals surface area contributed by atoms with E-state index in [0.29, 0.717) is 16.9 Å². The van der Waals surface area contributed by atoms with Crippen molar-refractivity contribution in [3.05, 3.63) is 63.7 Å². The van der Waals surface area contributed by atoms with E-state index >= 15 is 0 Å². The highest BCUT2D eigenvalue weighted by molar-refractivity contribution is 5.93. The lowest BCUT2D eigenvalue weighted by molar-refractivity contribution is 0.0697. The Labute approximate surface area is 186 Å². The number of aryl methyl sites for hydroxylation is 1. The van der Waals surface area contributed by atoms with Crippen LogP contribution in [0.4, 0.5) is 11.6 Å². The first-order valence-corrected chi connectivity index (χ1v) is 10.9. The number of anilines is 2. The van der Waals surface area contributed by atoms with E-state index in [-0.39, 0.29) is 23.0 Å². The molecule has 3 aromatic heterocycles. The third-order valence-corrected chi connectivity index (χ3v) is 6.21. The molecule has 1 aliphatic heterocycles. The summed E-state index contributed by atoms with van der Waals surface area (Å²) in [5.74, 6) is -0.0812.